The Kier molecular flexibility index (Phi) is 3.43. The number of hydrogen-bond acceptors (Lipinski definition) is 2. The molecule has 1 aromatic rings. The Hall–Kier alpha value is -1.02. The zero-order chi connectivity index (χ0) is 12.5. The standard InChI is InChI=1S/C15H23NO/c1-15(2,3)11-7-4-5-8-12(11)16-13-9-6-10-14(13)17/h4-5,7-8,13-14,16-17H,6,9-10H2,1-3H3. The molecule has 2 atom stereocenters. The molecule has 1 saturated carbocycles. The van der Waals surface area contributed by atoms with Gasteiger partial charge in [-0.1, -0.05) is 39.0 Å². The average molecular weight is 233 g/mol. The summed E-state index contributed by atoms with van der Waals surface area (Å²) >= 11 is 0. The summed E-state index contributed by atoms with van der Waals surface area (Å²) in [5.74, 6) is 0. The van der Waals surface area contributed by atoms with Gasteiger partial charge in [0.2, 0.25) is 0 Å². The zero-order valence-electron chi connectivity index (χ0n) is 11.0. The Bertz CT molecular complexity index is 381. The maximum atomic E-state index is 9.88. The summed E-state index contributed by atoms with van der Waals surface area (Å²) in [5, 5.41) is 13.4. The summed E-state index contributed by atoms with van der Waals surface area (Å²) < 4.78 is 0. The van der Waals surface area contributed by atoms with Gasteiger partial charge in [-0.15, -0.1) is 0 Å². The van der Waals surface area contributed by atoms with E-state index in [4.69, 9.17) is 0 Å². The summed E-state index contributed by atoms with van der Waals surface area (Å²) in [4.78, 5) is 0. The second-order valence-corrected chi connectivity index (χ2v) is 6.04. The van der Waals surface area contributed by atoms with Crippen LogP contribution in [-0.2, 0) is 5.41 Å². The third-order valence-corrected chi connectivity index (χ3v) is 3.56. The van der Waals surface area contributed by atoms with E-state index in [1.165, 1.54) is 11.3 Å². The van der Waals surface area contributed by atoms with Crippen LogP contribution in [0.3, 0.4) is 0 Å². The molecule has 0 heterocycles. The highest BCUT2D eigenvalue weighted by molar-refractivity contribution is 5.55. The van der Waals surface area contributed by atoms with E-state index in [1.54, 1.807) is 0 Å². The van der Waals surface area contributed by atoms with Gasteiger partial charge in [0.05, 0.1) is 12.1 Å². The molecule has 0 saturated heterocycles. The van der Waals surface area contributed by atoms with E-state index in [0.29, 0.717) is 0 Å². The summed E-state index contributed by atoms with van der Waals surface area (Å²) in [6, 6.07) is 8.64. The van der Waals surface area contributed by atoms with Gasteiger partial charge in [-0.05, 0) is 36.3 Å². The number of hydrogen-bond donors (Lipinski definition) is 2. The van der Waals surface area contributed by atoms with E-state index in [9.17, 15) is 5.11 Å². The SMILES string of the molecule is CC(C)(C)c1ccccc1NC1CCCC1O. The molecule has 17 heavy (non-hydrogen) atoms. The van der Waals surface area contributed by atoms with Gasteiger partial charge in [0, 0.05) is 5.69 Å². The minimum Gasteiger partial charge on any atom is -0.391 e. The maximum Gasteiger partial charge on any atom is 0.0741 e. The van der Waals surface area contributed by atoms with Crippen LogP contribution in [0.1, 0.15) is 45.6 Å². The summed E-state index contributed by atoms with van der Waals surface area (Å²) in [6.07, 6.45) is 2.92. The molecule has 94 valence electrons. The maximum absolute atomic E-state index is 9.88. The molecule has 1 aliphatic rings. The molecule has 0 aliphatic heterocycles. The van der Waals surface area contributed by atoms with E-state index in [0.717, 1.165) is 19.3 Å². The van der Waals surface area contributed by atoms with Crippen LogP contribution in [0.5, 0.6) is 0 Å². The minimum atomic E-state index is -0.192. The lowest BCUT2D eigenvalue weighted by Gasteiger charge is -2.26. The van der Waals surface area contributed by atoms with Crippen molar-refractivity contribution in [1.82, 2.24) is 0 Å². The molecular weight excluding hydrogens is 210 g/mol. The second-order valence-electron chi connectivity index (χ2n) is 6.04. The van der Waals surface area contributed by atoms with Crippen LogP contribution in [0.2, 0.25) is 0 Å². The Morgan fingerprint density at radius 3 is 2.47 bits per heavy atom. The molecular formula is C15H23NO. The molecule has 0 amide bonds. The number of rotatable bonds is 2. The Morgan fingerprint density at radius 2 is 1.88 bits per heavy atom. The van der Waals surface area contributed by atoms with Crippen LogP contribution < -0.4 is 5.32 Å². The minimum absolute atomic E-state index is 0.132. The molecule has 1 fully saturated rings. The van der Waals surface area contributed by atoms with Crippen LogP contribution in [0.15, 0.2) is 24.3 Å². The normalized spacial score (nSPS) is 24.9. The fraction of sp³-hybridized carbons (Fsp3) is 0.600. The first-order valence-electron chi connectivity index (χ1n) is 6.52. The average Bonchev–Trinajstić information content (AvgIpc) is 2.64. The summed E-state index contributed by atoms with van der Waals surface area (Å²) in [5.41, 5.74) is 2.62. The van der Waals surface area contributed by atoms with Crippen LogP contribution in [-0.4, -0.2) is 17.3 Å². The predicted molar refractivity (Wildman–Crippen MR) is 72.4 cm³/mol. The summed E-state index contributed by atoms with van der Waals surface area (Å²) in [6.45, 7) is 6.66. The number of benzene rings is 1. The number of para-hydroxylation sites is 1. The van der Waals surface area contributed by atoms with Gasteiger partial charge >= 0.3 is 0 Å². The Morgan fingerprint density at radius 1 is 1.18 bits per heavy atom. The van der Waals surface area contributed by atoms with Crippen molar-refractivity contribution < 1.29 is 5.11 Å². The Labute approximate surface area is 104 Å². The molecule has 2 N–H and O–H groups in total. The van der Waals surface area contributed by atoms with E-state index >= 15 is 0 Å². The second kappa shape index (κ2) is 4.69. The van der Waals surface area contributed by atoms with Crippen LogP contribution >= 0.6 is 0 Å². The third kappa shape index (κ3) is 2.81. The first-order chi connectivity index (χ1) is 7.98. The zero-order valence-corrected chi connectivity index (χ0v) is 11.0. The lowest BCUT2D eigenvalue weighted by Crippen LogP contribution is -2.29. The van der Waals surface area contributed by atoms with Crippen molar-refractivity contribution in [1.29, 1.82) is 0 Å². The molecule has 0 bridgehead atoms. The predicted octanol–water partition coefficient (Wildman–Crippen LogP) is 3.31. The molecule has 1 aliphatic carbocycles. The van der Waals surface area contributed by atoms with Crippen molar-refractivity contribution in [2.24, 2.45) is 0 Å². The molecule has 0 spiro atoms. The van der Waals surface area contributed by atoms with E-state index < -0.39 is 0 Å². The van der Waals surface area contributed by atoms with Crippen molar-refractivity contribution in [3.63, 3.8) is 0 Å². The van der Waals surface area contributed by atoms with Crippen molar-refractivity contribution in [2.45, 2.75) is 57.6 Å². The summed E-state index contributed by atoms with van der Waals surface area (Å²) in [7, 11) is 0. The van der Waals surface area contributed by atoms with Gasteiger partial charge in [0.25, 0.3) is 0 Å². The molecule has 1 aromatic carbocycles. The number of anilines is 1. The van der Waals surface area contributed by atoms with Gasteiger partial charge in [-0.25, -0.2) is 0 Å². The first-order valence-corrected chi connectivity index (χ1v) is 6.52. The van der Waals surface area contributed by atoms with E-state index in [-0.39, 0.29) is 17.6 Å². The van der Waals surface area contributed by atoms with Crippen LogP contribution in [0.25, 0.3) is 0 Å². The van der Waals surface area contributed by atoms with Crippen molar-refractivity contribution in [3.8, 4) is 0 Å². The van der Waals surface area contributed by atoms with Crippen LogP contribution in [0, 0.1) is 0 Å². The number of aliphatic hydroxyl groups excluding tert-OH is 1. The van der Waals surface area contributed by atoms with E-state index in [2.05, 4.69) is 50.4 Å². The van der Waals surface area contributed by atoms with Crippen molar-refractivity contribution in [3.05, 3.63) is 29.8 Å². The fourth-order valence-corrected chi connectivity index (χ4v) is 2.57. The molecule has 2 rings (SSSR count). The van der Waals surface area contributed by atoms with Gasteiger partial charge in [0.1, 0.15) is 0 Å². The highest BCUT2D eigenvalue weighted by Gasteiger charge is 2.26. The van der Waals surface area contributed by atoms with Gasteiger partial charge in [-0.2, -0.15) is 0 Å². The van der Waals surface area contributed by atoms with E-state index in [1.807, 2.05) is 0 Å². The largest absolute Gasteiger partial charge is 0.391 e. The molecule has 2 nitrogen and oxygen atoms in total. The third-order valence-electron chi connectivity index (χ3n) is 3.56. The molecule has 0 aromatic heterocycles. The van der Waals surface area contributed by atoms with Gasteiger partial charge in [-0.3, -0.25) is 0 Å². The number of nitrogens with one attached hydrogen (secondary N) is 1. The van der Waals surface area contributed by atoms with Gasteiger partial charge < -0.3 is 10.4 Å². The highest BCUT2D eigenvalue weighted by atomic mass is 16.3. The molecule has 2 unspecified atom stereocenters. The Balaban J connectivity index is 2.21. The van der Waals surface area contributed by atoms with Gasteiger partial charge in [0.15, 0.2) is 0 Å². The lowest BCUT2D eigenvalue weighted by atomic mass is 9.85. The van der Waals surface area contributed by atoms with Crippen molar-refractivity contribution in [2.75, 3.05) is 5.32 Å². The monoisotopic (exact) mass is 233 g/mol. The first kappa shape index (κ1) is 12.4. The molecule has 0 radical (unpaired) electrons. The van der Waals surface area contributed by atoms with Crippen LogP contribution in [0.4, 0.5) is 5.69 Å². The quantitative estimate of drug-likeness (QED) is 0.821. The lowest BCUT2D eigenvalue weighted by molar-refractivity contribution is 0.172. The molecule has 2 heteroatoms. The topological polar surface area (TPSA) is 32.3 Å². The fourth-order valence-electron chi connectivity index (χ4n) is 2.57. The smallest absolute Gasteiger partial charge is 0.0741 e. The highest BCUT2D eigenvalue weighted by Crippen LogP contribution is 2.31. The van der Waals surface area contributed by atoms with Crippen molar-refractivity contribution >= 4 is 5.69 Å². The number of aliphatic hydroxyl groups is 1.